The highest BCUT2D eigenvalue weighted by atomic mass is 16.3. The Balaban J connectivity index is 1.99. The van der Waals surface area contributed by atoms with Crippen LogP contribution in [0.4, 0.5) is 0 Å². The monoisotopic (exact) mass is 210 g/mol. The van der Waals surface area contributed by atoms with Crippen LogP contribution in [-0.2, 0) is 6.54 Å². The third kappa shape index (κ3) is 2.59. The fraction of sp³-hybridized carbons (Fsp3) is 0.636. The van der Waals surface area contributed by atoms with Crippen molar-refractivity contribution in [1.29, 1.82) is 0 Å². The van der Waals surface area contributed by atoms with Crippen LogP contribution in [0, 0.1) is 0 Å². The summed E-state index contributed by atoms with van der Waals surface area (Å²) in [6, 6.07) is 4.48. The average Bonchev–Trinajstić information content (AvgIpc) is 2.97. The van der Waals surface area contributed by atoms with E-state index in [1.807, 2.05) is 12.1 Å². The van der Waals surface area contributed by atoms with E-state index in [0.717, 1.165) is 12.3 Å². The Morgan fingerprint density at radius 3 is 2.87 bits per heavy atom. The molecule has 1 unspecified atom stereocenters. The SMILES string of the molecule is NCC(CO)N(Cc1ccco1)C1CC1. The molecule has 0 saturated heterocycles. The maximum atomic E-state index is 9.25. The standard InChI is InChI=1S/C11H18N2O2/c12-6-10(8-14)13(9-3-4-9)7-11-2-1-5-15-11/h1-2,5,9-10,14H,3-4,6-8,12H2. The lowest BCUT2D eigenvalue weighted by molar-refractivity contribution is 0.107. The van der Waals surface area contributed by atoms with Gasteiger partial charge in [-0.05, 0) is 25.0 Å². The van der Waals surface area contributed by atoms with Crippen molar-refractivity contribution in [1.82, 2.24) is 4.90 Å². The summed E-state index contributed by atoms with van der Waals surface area (Å²) in [6.45, 7) is 1.36. The first kappa shape index (κ1) is 10.7. The summed E-state index contributed by atoms with van der Waals surface area (Å²) in [4.78, 5) is 2.25. The number of rotatable bonds is 6. The highest BCUT2D eigenvalue weighted by molar-refractivity contribution is 5.01. The molecular weight excluding hydrogens is 192 g/mol. The van der Waals surface area contributed by atoms with Gasteiger partial charge in [-0.3, -0.25) is 4.90 Å². The molecule has 84 valence electrons. The first-order valence-electron chi connectivity index (χ1n) is 5.44. The molecule has 0 radical (unpaired) electrons. The van der Waals surface area contributed by atoms with Crippen molar-refractivity contribution in [2.24, 2.45) is 5.73 Å². The number of aliphatic hydroxyl groups excluding tert-OH is 1. The van der Waals surface area contributed by atoms with Gasteiger partial charge < -0.3 is 15.3 Å². The van der Waals surface area contributed by atoms with E-state index in [2.05, 4.69) is 4.90 Å². The molecule has 0 bridgehead atoms. The predicted molar refractivity (Wildman–Crippen MR) is 57.2 cm³/mol. The van der Waals surface area contributed by atoms with Gasteiger partial charge in [-0.1, -0.05) is 0 Å². The van der Waals surface area contributed by atoms with Gasteiger partial charge in [0.2, 0.25) is 0 Å². The maximum Gasteiger partial charge on any atom is 0.117 e. The molecule has 0 spiro atoms. The second kappa shape index (κ2) is 4.79. The maximum absolute atomic E-state index is 9.25. The van der Waals surface area contributed by atoms with Gasteiger partial charge in [0.1, 0.15) is 5.76 Å². The van der Waals surface area contributed by atoms with Crippen molar-refractivity contribution in [3.05, 3.63) is 24.2 Å². The van der Waals surface area contributed by atoms with Crippen LogP contribution in [0.1, 0.15) is 18.6 Å². The van der Waals surface area contributed by atoms with Gasteiger partial charge in [-0.15, -0.1) is 0 Å². The van der Waals surface area contributed by atoms with Crippen LogP contribution in [0.2, 0.25) is 0 Å². The van der Waals surface area contributed by atoms with Gasteiger partial charge >= 0.3 is 0 Å². The highest BCUT2D eigenvalue weighted by Gasteiger charge is 2.33. The van der Waals surface area contributed by atoms with Crippen LogP contribution in [0.5, 0.6) is 0 Å². The molecule has 2 rings (SSSR count). The van der Waals surface area contributed by atoms with Gasteiger partial charge in [0.25, 0.3) is 0 Å². The third-order valence-corrected chi connectivity index (χ3v) is 2.89. The molecule has 0 aromatic carbocycles. The Kier molecular flexibility index (Phi) is 3.41. The summed E-state index contributed by atoms with van der Waals surface area (Å²) in [5.74, 6) is 0.939. The molecule has 1 aromatic heterocycles. The molecule has 1 fully saturated rings. The molecule has 1 atom stereocenters. The topological polar surface area (TPSA) is 62.6 Å². The van der Waals surface area contributed by atoms with E-state index in [0.29, 0.717) is 12.6 Å². The van der Waals surface area contributed by atoms with Crippen LogP contribution in [0.3, 0.4) is 0 Å². The third-order valence-electron chi connectivity index (χ3n) is 2.89. The lowest BCUT2D eigenvalue weighted by atomic mass is 10.2. The van der Waals surface area contributed by atoms with Crippen molar-refractivity contribution in [3.8, 4) is 0 Å². The minimum Gasteiger partial charge on any atom is -0.468 e. The number of aliphatic hydroxyl groups is 1. The average molecular weight is 210 g/mol. The van der Waals surface area contributed by atoms with Crippen molar-refractivity contribution in [3.63, 3.8) is 0 Å². The summed E-state index contributed by atoms with van der Waals surface area (Å²) in [6.07, 6.45) is 4.09. The zero-order valence-electron chi connectivity index (χ0n) is 8.80. The van der Waals surface area contributed by atoms with Crippen molar-refractivity contribution in [2.45, 2.75) is 31.5 Å². The predicted octanol–water partition coefficient (Wildman–Crippen LogP) is 0.564. The quantitative estimate of drug-likeness (QED) is 0.720. The lowest BCUT2D eigenvalue weighted by Crippen LogP contribution is -2.43. The number of nitrogens with two attached hydrogens (primary N) is 1. The Morgan fingerprint density at radius 2 is 2.40 bits per heavy atom. The molecule has 0 aliphatic heterocycles. The van der Waals surface area contributed by atoms with Crippen LogP contribution in [-0.4, -0.2) is 35.2 Å². The largest absolute Gasteiger partial charge is 0.468 e. The molecule has 4 nitrogen and oxygen atoms in total. The van der Waals surface area contributed by atoms with Crippen LogP contribution in [0.15, 0.2) is 22.8 Å². The van der Waals surface area contributed by atoms with E-state index in [9.17, 15) is 5.11 Å². The zero-order chi connectivity index (χ0) is 10.7. The Bertz CT molecular complexity index is 279. The Labute approximate surface area is 89.7 Å². The van der Waals surface area contributed by atoms with Crippen molar-refractivity contribution >= 4 is 0 Å². The minimum absolute atomic E-state index is 0.0580. The fourth-order valence-electron chi connectivity index (χ4n) is 1.86. The van der Waals surface area contributed by atoms with Gasteiger partial charge in [0.05, 0.1) is 19.4 Å². The Hall–Kier alpha value is -0.840. The van der Waals surface area contributed by atoms with Crippen molar-refractivity contribution in [2.75, 3.05) is 13.2 Å². The first-order chi connectivity index (χ1) is 7.35. The second-order valence-corrected chi connectivity index (χ2v) is 4.05. The molecule has 1 heterocycles. The summed E-state index contributed by atoms with van der Waals surface area (Å²) in [5, 5.41) is 9.25. The number of furan rings is 1. The van der Waals surface area contributed by atoms with Crippen LogP contribution >= 0.6 is 0 Å². The molecule has 1 saturated carbocycles. The molecule has 3 N–H and O–H groups in total. The smallest absolute Gasteiger partial charge is 0.117 e. The highest BCUT2D eigenvalue weighted by Crippen LogP contribution is 2.29. The Morgan fingerprint density at radius 1 is 1.60 bits per heavy atom. The molecule has 15 heavy (non-hydrogen) atoms. The van der Waals surface area contributed by atoms with E-state index < -0.39 is 0 Å². The minimum atomic E-state index is 0.0580. The summed E-state index contributed by atoms with van der Waals surface area (Å²) in [7, 11) is 0. The molecule has 0 amide bonds. The van der Waals surface area contributed by atoms with E-state index in [1.165, 1.54) is 12.8 Å². The van der Waals surface area contributed by atoms with E-state index >= 15 is 0 Å². The number of hydrogen-bond donors (Lipinski definition) is 2. The summed E-state index contributed by atoms with van der Waals surface area (Å²) < 4.78 is 5.32. The summed E-state index contributed by atoms with van der Waals surface area (Å²) in [5.41, 5.74) is 5.65. The zero-order valence-corrected chi connectivity index (χ0v) is 8.80. The summed E-state index contributed by atoms with van der Waals surface area (Å²) >= 11 is 0. The van der Waals surface area contributed by atoms with Crippen molar-refractivity contribution < 1.29 is 9.52 Å². The van der Waals surface area contributed by atoms with E-state index in [-0.39, 0.29) is 12.6 Å². The molecule has 4 heteroatoms. The van der Waals surface area contributed by atoms with Gasteiger partial charge in [-0.2, -0.15) is 0 Å². The molecular formula is C11H18N2O2. The van der Waals surface area contributed by atoms with Gasteiger partial charge in [0.15, 0.2) is 0 Å². The molecule has 1 aliphatic carbocycles. The lowest BCUT2D eigenvalue weighted by Gasteiger charge is -2.28. The fourth-order valence-corrected chi connectivity index (χ4v) is 1.86. The second-order valence-electron chi connectivity index (χ2n) is 4.05. The normalized spacial score (nSPS) is 18.3. The first-order valence-corrected chi connectivity index (χ1v) is 5.44. The van der Waals surface area contributed by atoms with Gasteiger partial charge in [0, 0.05) is 18.6 Å². The van der Waals surface area contributed by atoms with E-state index in [1.54, 1.807) is 6.26 Å². The van der Waals surface area contributed by atoms with E-state index in [4.69, 9.17) is 10.2 Å². The number of hydrogen-bond acceptors (Lipinski definition) is 4. The molecule has 1 aromatic rings. The van der Waals surface area contributed by atoms with Crippen LogP contribution in [0.25, 0.3) is 0 Å². The molecule has 1 aliphatic rings. The number of nitrogens with zero attached hydrogens (tertiary/aromatic N) is 1. The van der Waals surface area contributed by atoms with Gasteiger partial charge in [-0.25, -0.2) is 0 Å². The van der Waals surface area contributed by atoms with Crippen LogP contribution < -0.4 is 5.73 Å².